The van der Waals surface area contributed by atoms with Crippen molar-refractivity contribution in [3.8, 4) is 0 Å². The van der Waals surface area contributed by atoms with Crippen molar-refractivity contribution in [2.75, 3.05) is 25.5 Å². The quantitative estimate of drug-likeness (QED) is 0.857. The van der Waals surface area contributed by atoms with E-state index in [-0.39, 0.29) is 17.9 Å². The van der Waals surface area contributed by atoms with E-state index in [1.54, 1.807) is 25.4 Å². The number of ether oxygens (including phenoxy) is 1. The highest BCUT2D eigenvalue weighted by Crippen LogP contribution is 2.32. The van der Waals surface area contributed by atoms with Crippen LogP contribution in [0.5, 0.6) is 0 Å². The lowest BCUT2D eigenvalue weighted by atomic mass is 9.89. The smallest absolute Gasteiger partial charge is 0.255 e. The third-order valence-corrected chi connectivity index (χ3v) is 4.99. The van der Waals surface area contributed by atoms with E-state index in [1.807, 2.05) is 4.90 Å². The molecule has 7 heteroatoms. The Kier molecular flexibility index (Phi) is 4.99. The Morgan fingerprint density at radius 3 is 2.54 bits per heavy atom. The van der Waals surface area contributed by atoms with Crippen LogP contribution in [0.15, 0.2) is 18.3 Å². The summed E-state index contributed by atoms with van der Waals surface area (Å²) >= 11 is 0. The zero-order valence-corrected chi connectivity index (χ0v) is 13.9. The summed E-state index contributed by atoms with van der Waals surface area (Å²) in [4.78, 5) is 29.8. The lowest BCUT2D eigenvalue weighted by Gasteiger charge is -2.34. The largest absolute Gasteiger partial charge is 0.373 e. The van der Waals surface area contributed by atoms with Crippen molar-refractivity contribution >= 4 is 17.6 Å². The van der Waals surface area contributed by atoms with Gasteiger partial charge in [0.05, 0.1) is 11.7 Å². The molecule has 3 N–H and O–H groups in total. The standard InChI is InChI=1S/C17H24N4O3/c1-19-15-5-2-12(10-20-15)17(23)21-8-6-11(7-9-21)13-3-4-14(24-13)16(18)22/h2,5,10-11,13-14H,3-4,6-9H2,1H3,(H2,18,22)(H,19,20)/t13-,14+/m0/s1. The van der Waals surface area contributed by atoms with Crippen LogP contribution < -0.4 is 11.1 Å². The average Bonchev–Trinajstić information content (AvgIpc) is 3.12. The van der Waals surface area contributed by atoms with Gasteiger partial charge in [0.15, 0.2) is 0 Å². The molecule has 3 heterocycles. The SMILES string of the molecule is CNc1ccc(C(=O)N2CCC([C@@H]3CC[C@H](C(N)=O)O3)CC2)cn1. The molecule has 2 aliphatic rings. The Bertz CT molecular complexity index is 596. The zero-order chi connectivity index (χ0) is 17.1. The third kappa shape index (κ3) is 3.51. The summed E-state index contributed by atoms with van der Waals surface area (Å²) in [5.74, 6) is 0.782. The number of aromatic nitrogens is 1. The summed E-state index contributed by atoms with van der Waals surface area (Å²) in [6.07, 6.45) is 4.64. The van der Waals surface area contributed by atoms with E-state index in [0.29, 0.717) is 31.0 Å². The van der Waals surface area contributed by atoms with Crippen molar-refractivity contribution < 1.29 is 14.3 Å². The van der Waals surface area contributed by atoms with Gasteiger partial charge in [-0.05, 0) is 43.7 Å². The number of nitrogens with one attached hydrogen (secondary N) is 1. The van der Waals surface area contributed by atoms with E-state index < -0.39 is 6.10 Å². The number of amides is 2. The Hall–Kier alpha value is -2.15. The normalized spacial score (nSPS) is 24.8. The molecule has 2 aliphatic heterocycles. The van der Waals surface area contributed by atoms with Crippen LogP contribution >= 0.6 is 0 Å². The van der Waals surface area contributed by atoms with Crippen LogP contribution in [0.25, 0.3) is 0 Å². The molecule has 24 heavy (non-hydrogen) atoms. The van der Waals surface area contributed by atoms with Gasteiger partial charge in [0.1, 0.15) is 11.9 Å². The zero-order valence-electron chi connectivity index (χ0n) is 13.9. The summed E-state index contributed by atoms with van der Waals surface area (Å²) in [6.45, 7) is 1.41. The lowest BCUT2D eigenvalue weighted by Crippen LogP contribution is -2.41. The maximum Gasteiger partial charge on any atom is 0.255 e. The molecule has 0 bridgehead atoms. The first-order valence-electron chi connectivity index (χ1n) is 8.46. The fraction of sp³-hybridized carbons (Fsp3) is 0.588. The number of piperidine rings is 1. The Labute approximate surface area is 141 Å². The van der Waals surface area contributed by atoms with Crippen molar-refractivity contribution in [2.24, 2.45) is 11.7 Å². The molecule has 130 valence electrons. The highest BCUT2D eigenvalue weighted by Gasteiger charge is 2.36. The minimum absolute atomic E-state index is 0.0194. The molecule has 0 aliphatic carbocycles. The van der Waals surface area contributed by atoms with Gasteiger partial charge in [0.25, 0.3) is 5.91 Å². The third-order valence-electron chi connectivity index (χ3n) is 4.99. The number of rotatable bonds is 4. The topological polar surface area (TPSA) is 97.6 Å². The van der Waals surface area contributed by atoms with Gasteiger partial charge < -0.3 is 20.7 Å². The number of primary amides is 1. The van der Waals surface area contributed by atoms with Crippen molar-refractivity contribution in [1.29, 1.82) is 0 Å². The first-order valence-corrected chi connectivity index (χ1v) is 8.46. The maximum absolute atomic E-state index is 12.5. The highest BCUT2D eigenvalue weighted by atomic mass is 16.5. The van der Waals surface area contributed by atoms with E-state index in [4.69, 9.17) is 10.5 Å². The minimum atomic E-state index is -0.438. The summed E-state index contributed by atoms with van der Waals surface area (Å²) in [6, 6.07) is 3.60. The fourth-order valence-electron chi connectivity index (χ4n) is 3.54. The van der Waals surface area contributed by atoms with Crippen molar-refractivity contribution in [3.05, 3.63) is 23.9 Å². The lowest BCUT2D eigenvalue weighted by molar-refractivity contribution is -0.130. The number of hydrogen-bond acceptors (Lipinski definition) is 5. The van der Waals surface area contributed by atoms with Crippen LogP contribution in [-0.4, -0.2) is 54.0 Å². The number of carbonyl (C=O) groups excluding carboxylic acids is 2. The molecule has 3 rings (SSSR count). The van der Waals surface area contributed by atoms with E-state index >= 15 is 0 Å². The van der Waals surface area contributed by atoms with E-state index in [2.05, 4.69) is 10.3 Å². The van der Waals surface area contributed by atoms with Crippen LogP contribution in [0.4, 0.5) is 5.82 Å². The van der Waals surface area contributed by atoms with Gasteiger partial charge in [0, 0.05) is 26.3 Å². The predicted molar refractivity (Wildman–Crippen MR) is 89.5 cm³/mol. The predicted octanol–water partition coefficient (Wildman–Crippen LogP) is 1.01. The highest BCUT2D eigenvalue weighted by molar-refractivity contribution is 5.94. The van der Waals surface area contributed by atoms with Crippen LogP contribution in [0.3, 0.4) is 0 Å². The van der Waals surface area contributed by atoms with Gasteiger partial charge in [-0.25, -0.2) is 4.98 Å². The number of nitrogens with two attached hydrogens (primary N) is 1. The summed E-state index contributed by atoms with van der Waals surface area (Å²) in [5.41, 5.74) is 5.92. The van der Waals surface area contributed by atoms with Gasteiger partial charge in [-0.3, -0.25) is 9.59 Å². The molecule has 0 radical (unpaired) electrons. The molecule has 2 fully saturated rings. The number of anilines is 1. The molecule has 2 saturated heterocycles. The monoisotopic (exact) mass is 332 g/mol. The summed E-state index contributed by atoms with van der Waals surface area (Å²) in [7, 11) is 1.79. The molecular formula is C17H24N4O3. The van der Waals surface area contributed by atoms with Crippen LogP contribution in [0.1, 0.15) is 36.0 Å². The van der Waals surface area contributed by atoms with Gasteiger partial charge in [-0.2, -0.15) is 0 Å². The molecule has 7 nitrogen and oxygen atoms in total. The van der Waals surface area contributed by atoms with Crippen LogP contribution in [0, 0.1) is 5.92 Å². The molecule has 0 spiro atoms. The van der Waals surface area contributed by atoms with E-state index in [0.717, 1.165) is 25.1 Å². The van der Waals surface area contributed by atoms with Gasteiger partial charge in [0.2, 0.25) is 5.91 Å². The van der Waals surface area contributed by atoms with Gasteiger partial charge in [-0.15, -0.1) is 0 Å². The van der Waals surface area contributed by atoms with E-state index in [1.165, 1.54) is 0 Å². The van der Waals surface area contributed by atoms with Gasteiger partial charge >= 0.3 is 0 Å². The second kappa shape index (κ2) is 7.17. The number of pyridine rings is 1. The number of carbonyl (C=O) groups is 2. The summed E-state index contributed by atoms with van der Waals surface area (Å²) in [5, 5.41) is 2.94. The maximum atomic E-state index is 12.5. The second-order valence-corrected chi connectivity index (χ2v) is 6.45. The Morgan fingerprint density at radius 2 is 2.00 bits per heavy atom. The van der Waals surface area contributed by atoms with Crippen LogP contribution in [-0.2, 0) is 9.53 Å². The number of likely N-dealkylation sites (tertiary alicyclic amines) is 1. The van der Waals surface area contributed by atoms with Crippen molar-refractivity contribution in [3.63, 3.8) is 0 Å². The Morgan fingerprint density at radius 1 is 1.25 bits per heavy atom. The number of hydrogen-bond donors (Lipinski definition) is 2. The van der Waals surface area contributed by atoms with E-state index in [9.17, 15) is 9.59 Å². The Balaban J connectivity index is 1.53. The molecule has 1 aromatic heterocycles. The van der Waals surface area contributed by atoms with Crippen molar-refractivity contribution in [2.45, 2.75) is 37.9 Å². The first-order chi connectivity index (χ1) is 11.6. The molecule has 1 aromatic rings. The molecule has 0 aromatic carbocycles. The molecule has 0 unspecified atom stereocenters. The average molecular weight is 332 g/mol. The molecular weight excluding hydrogens is 308 g/mol. The fourth-order valence-corrected chi connectivity index (χ4v) is 3.54. The summed E-state index contributed by atoms with van der Waals surface area (Å²) < 4.78 is 5.77. The van der Waals surface area contributed by atoms with Gasteiger partial charge in [-0.1, -0.05) is 0 Å². The molecule has 2 amide bonds. The molecule has 0 saturated carbocycles. The second-order valence-electron chi connectivity index (χ2n) is 6.45. The minimum Gasteiger partial charge on any atom is -0.373 e. The first kappa shape index (κ1) is 16.7. The molecule has 2 atom stereocenters. The van der Waals surface area contributed by atoms with Crippen LogP contribution in [0.2, 0.25) is 0 Å². The number of nitrogens with zero attached hydrogens (tertiary/aromatic N) is 2. The van der Waals surface area contributed by atoms with Crippen molar-refractivity contribution in [1.82, 2.24) is 9.88 Å².